The minimum absolute atomic E-state index is 0.326. The second-order valence-electron chi connectivity index (χ2n) is 6.09. The molecule has 0 saturated heterocycles. The maximum Gasteiger partial charge on any atom is 0.324 e. The molecule has 152 valence electrons. The van der Waals surface area contributed by atoms with Gasteiger partial charge in [-0.15, -0.1) is 0 Å². The van der Waals surface area contributed by atoms with E-state index in [2.05, 4.69) is 25.7 Å². The van der Waals surface area contributed by atoms with Crippen molar-refractivity contribution in [2.24, 2.45) is 0 Å². The summed E-state index contributed by atoms with van der Waals surface area (Å²) in [5, 5.41) is 9.77. The third kappa shape index (κ3) is 4.37. The Morgan fingerprint density at radius 3 is 2.17 bits per heavy atom. The zero-order chi connectivity index (χ0) is 21.0. The predicted molar refractivity (Wildman–Crippen MR) is 107 cm³/mol. The monoisotopic (exact) mass is 398 g/mol. The maximum atomic E-state index is 12.4. The Morgan fingerprint density at radius 2 is 1.62 bits per heavy atom. The Hall–Kier alpha value is -3.82. The highest BCUT2D eigenvalue weighted by atomic mass is 16.5. The lowest BCUT2D eigenvalue weighted by Crippen LogP contribution is -2.20. The third-order valence-corrected chi connectivity index (χ3v) is 4.04. The first-order valence-corrected chi connectivity index (χ1v) is 8.69. The van der Waals surface area contributed by atoms with Gasteiger partial charge in [-0.3, -0.25) is 5.32 Å². The molecule has 0 aliphatic heterocycles. The number of carbonyl (C=O) groups is 1. The molecule has 3 aromatic rings. The van der Waals surface area contributed by atoms with Crippen LogP contribution in [0, 0.1) is 13.8 Å². The van der Waals surface area contributed by atoms with Crippen LogP contribution in [0.3, 0.4) is 0 Å². The topological polar surface area (TPSA) is 112 Å². The molecule has 0 spiro atoms. The van der Waals surface area contributed by atoms with Crippen LogP contribution < -0.4 is 24.8 Å². The second kappa shape index (κ2) is 8.46. The summed E-state index contributed by atoms with van der Waals surface area (Å²) >= 11 is 0. The number of amides is 2. The van der Waals surface area contributed by atoms with Gasteiger partial charge in [-0.25, -0.2) is 19.4 Å². The van der Waals surface area contributed by atoms with Gasteiger partial charge in [0, 0.05) is 23.9 Å². The van der Waals surface area contributed by atoms with Gasteiger partial charge >= 0.3 is 6.03 Å². The number of methoxy groups -OCH3 is 3. The van der Waals surface area contributed by atoms with Crippen molar-refractivity contribution in [3.8, 4) is 23.1 Å². The summed E-state index contributed by atoms with van der Waals surface area (Å²) in [7, 11) is 4.51. The highest BCUT2D eigenvalue weighted by molar-refractivity contribution is 5.99. The van der Waals surface area contributed by atoms with Crippen LogP contribution in [0.1, 0.15) is 11.4 Å². The average Bonchev–Trinajstić information content (AvgIpc) is 3.05. The van der Waals surface area contributed by atoms with Crippen molar-refractivity contribution in [2.75, 3.05) is 32.0 Å². The molecule has 0 atom stereocenters. The maximum absolute atomic E-state index is 12.4. The number of urea groups is 1. The molecule has 0 saturated carbocycles. The molecule has 2 aromatic heterocycles. The van der Waals surface area contributed by atoms with Gasteiger partial charge in [0.25, 0.3) is 0 Å². The zero-order valence-corrected chi connectivity index (χ0v) is 16.8. The molecule has 29 heavy (non-hydrogen) atoms. The number of aromatic nitrogens is 4. The Labute approximate surface area is 167 Å². The summed E-state index contributed by atoms with van der Waals surface area (Å²) in [6.45, 7) is 3.82. The number of nitrogens with zero attached hydrogens (tertiary/aromatic N) is 4. The van der Waals surface area contributed by atoms with Crippen LogP contribution in [0.5, 0.6) is 17.2 Å². The van der Waals surface area contributed by atoms with Gasteiger partial charge in [0.15, 0.2) is 17.3 Å². The molecule has 1 aromatic carbocycles. The molecule has 2 N–H and O–H groups in total. The molecule has 0 fully saturated rings. The van der Waals surface area contributed by atoms with E-state index in [0.717, 1.165) is 11.4 Å². The average molecular weight is 398 g/mol. The van der Waals surface area contributed by atoms with E-state index in [1.54, 1.807) is 22.9 Å². The molecule has 2 amide bonds. The number of anilines is 2. The third-order valence-electron chi connectivity index (χ3n) is 4.04. The molecular formula is C19H22N6O4. The second-order valence-corrected chi connectivity index (χ2v) is 6.09. The number of aryl methyl sites for hydroxylation is 2. The van der Waals surface area contributed by atoms with E-state index in [1.807, 2.05) is 19.9 Å². The van der Waals surface area contributed by atoms with Crippen LogP contribution >= 0.6 is 0 Å². The minimum Gasteiger partial charge on any atom is -0.493 e. The van der Waals surface area contributed by atoms with Crippen molar-refractivity contribution in [3.63, 3.8) is 0 Å². The van der Waals surface area contributed by atoms with Gasteiger partial charge in [0.1, 0.15) is 12.1 Å². The van der Waals surface area contributed by atoms with Crippen LogP contribution in [0.15, 0.2) is 30.6 Å². The largest absolute Gasteiger partial charge is 0.493 e. The number of carbonyl (C=O) groups excluding carboxylic acids is 1. The Morgan fingerprint density at radius 1 is 0.931 bits per heavy atom. The van der Waals surface area contributed by atoms with E-state index in [4.69, 9.17) is 14.2 Å². The van der Waals surface area contributed by atoms with E-state index in [1.165, 1.54) is 27.7 Å². The molecule has 2 heterocycles. The molecule has 3 rings (SSSR count). The number of rotatable bonds is 6. The van der Waals surface area contributed by atoms with Crippen LogP contribution in [-0.2, 0) is 0 Å². The van der Waals surface area contributed by atoms with Gasteiger partial charge in [-0.1, -0.05) is 0 Å². The standard InChI is InChI=1S/C19H22N6O4/c1-11-6-12(2)25(24-11)17-9-16(20-10-21-17)23-19(26)22-13-7-14(27-3)18(29-5)15(8-13)28-4/h6-10H,1-5H3,(H2,20,21,22,23,26). The van der Waals surface area contributed by atoms with E-state index in [9.17, 15) is 4.79 Å². The number of nitrogens with one attached hydrogen (secondary N) is 2. The van der Waals surface area contributed by atoms with Crippen molar-refractivity contribution in [3.05, 3.63) is 42.0 Å². The number of hydrogen-bond acceptors (Lipinski definition) is 7. The van der Waals surface area contributed by atoms with Gasteiger partial charge in [0.2, 0.25) is 5.75 Å². The fraction of sp³-hybridized carbons (Fsp3) is 0.263. The highest BCUT2D eigenvalue weighted by Gasteiger charge is 2.15. The van der Waals surface area contributed by atoms with E-state index >= 15 is 0 Å². The number of benzene rings is 1. The summed E-state index contributed by atoms with van der Waals surface area (Å²) in [6.07, 6.45) is 1.36. The Kier molecular flexibility index (Phi) is 5.82. The fourth-order valence-corrected chi connectivity index (χ4v) is 2.82. The molecule has 10 nitrogen and oxygen atoms in total. The molecule has 0 bridgehead atoms. The molecule has 10 heteroatoms. The summed E-state index contributed by atoms with van der Waals surface area (Å²) in [5.41, 5.74) is 2.26. The summed E-state index contributed by atoms with van der Waals surface area (Å²) in [4.78, 5) is 20.7. The van der Waals surface area contributed by atoms with Crippen LogP contribution in [-0.4, -0.2) is 47.1 Å². The molecular weight excluding hydrogens is 376 g/mol. The molecule has 0 aliphatic carbocycles. The number of hydrogen-bond donors (Lipinski definition) is 2. The molecule has 0 unspecified atom stereocenters. The van der Waals surface area contributed by atoms with Crippen molar-refractivity contribution in [1.29, 1.82) is 0 Å². The van der Waals surface area contributed by atoms with Crippen molar-refractivity contribution < 1.29 is 19.0 Å². The first-order chi connectivity index (χ1) is 13.9. The lowest BCUT2D eigenvalue weighted by Gasteiger charge is -2.15. The van der Waals surface area contributed by atoms with Gasteiger partial charge in [0.05, 0.1) is 32.7 Å². The summed E-state index contributed by atoms with van der Waals surface area (Å²) in [6, 6.07) is 6.34. The van der Waals surface area contributed by atoms with Crippen LogP contribution in [0.4, 0.5) is 16.3 Å². The van der Waals surface area contributed by atoms with E-state index in [0.29, 0.717) is 34.6 Å². The van der Waals surface area contributed by atoms with Crippen molar-refractivity contribution in [1.82, 2.24) is 19.7 Å². The fourth-order valence-electron chi connectivity index (χ4n) is 2.82. The SMILES string of the molecule is COc1cc(NC(=O)Nc2cc(-n3nc(C)cc3C)ncn2)cc(OC)c1OC. The Balaban J connectivity index is 1.78. The predicted octanol–water partition coefficient (Wildman–Crippen LogP) is 2.95. The van der Waals surface area contributed by atoms with Crippen molar-refractivity contribution >= 4 is 17.5 Å². The summed E-state index contributed by atoms with van der Waals surface area (Å²) in [5.74, 6) is 2.17. The van der Waals surface area contributed by atoms with E-state index < -0.39 is 6.03 Å². The molecule has 0 aliphatic rings. The van der Waals surface area contributed by atoms with E-state index in [-0.39, 0.29) is 0 Å². The van der Waals surface area contributed by atoms with Crippen LogP contribution in [0.25, 0.3) is 5.82 Å². The van der Waals surface area contributed by atoms with Gasteiger partial charge < -0.3 is 19.5 Å². The first kappa shape index (κ1) is 19.9. The normalized spacial score (nSPS) is 10.4. The lowest BCUT2D eigenvalue weighted by atomic mass is 10.2. The zero-order valence-electron chi connectivity index (χ0n) is 16.8. The smallest absolute Gasteiger partial charge is 0.324 e. The van der Waals surface area contributed by atoms with Gasteiger partial charge in [-0.2, -0.15) is 5.10 Å². The molecule has 0 radical (unpaired) electrons. The lowest BCUT2D eigenvalue weighted by molar-refractivity contribution is 0.262. The van der Waals surface area contributed by atoms with Gasteiger partial charge in [-0.05, 0) is 19.9 Å². The quantitative estimate of drug-likeness (QED) is 0.656. The number of ether oxygens (including phenoxy) is 3. The summed E-state index contributed by atoms with van der Waals surface area (Å²) < 4.78 is 17.5. The van der Waals surface area contributed by atoms with Crippen molar-refractivity contribution in [2.45, 2.75) is 13.8 Å². The first-order valence-electron chi connectivity index (χ1n) is 8.69. The van der Waals surface area contributed by atoms with Crippen LogP contribution in [0.2, 0.25) is 0 Å². The minimum atomic E-state index is -0.489. The highest BCUT2D eigenvalue weighted by Crippen LogP contribution is 2.39. The Bertz CT molecular complexity index is 1010.